The van der Waals surface area contributed by atoms with Crippen LogP contribution in [0.4, 0.5) is 0 Å². The molecule has 1 aliphatic rings. The van der Waals surface area contributed by atoms with Crippen molar-refractivity contribution in [2.24, 2.45) is 0 Å². The standard InChI is InChI=1S/C11H13ClN2OS/c12-10-2-1-8(16)7-9(10)11(15)14-5-3-13-4-6-14/h1-2,7,13,16H,3-6H2. The van der Waals surface area contributed by atoms with E-state index in [0.717, 1.165) is 31.1 Å². The van der Waals surface area contributed by atoms with E-state index >= 15 is 0 Å². The van der Waals surface area contributed by atoms with Crippen LogP contribution < -0.4 is 5.32 Å². The summed E-state index contributed by atoms with van der Waals surface area (Å²) >= 11 is 10.2. The van der Waals surface area contributed by atoms with Gasteiger partial charge in [0.1, 0.15) is 0 Å². The Hall–Kier alpha value is -0.710. The lowest BCUT2D eigenvalue weighted by Crippen LogP contribution is -2.46. The molecule has 16 heavy (non-hydrogen) atoms. The molecule has 1 aliphatic heterocycles. The lowest BCUT2D eigenvalue weighted by Gasteiger charge is -2.27. The first kappa shape index (κ1) is 11.8. The summed E-state index contributed by atoms with van der Waals surface area (Å²) in [5, 5.41) is 3.69. The molecule has 0 bridgehead atoms. The molecule has 1 saturated heterocycles. The molecule has 0 radical (unpaired) electrons. The number of halogens is 1. The topological polar surface area (TPSA) is 32.3 Å². The monoisotopic (exact) mass is 256 g/mol. The highest BCUT2D eigenvalue weighted by molar-refractivity contribution is 7.80. The Morgan fingerprint density at radius 3 is 2.75 bits per heavy atom. The van der Waals surface area contributed by atoms with Gasteiger partial charge in [0.2, 0.25) is 0 Å². The predicted molar refractivity (Wildman–Crippen MR) is 67.5 cm³/mol. The predicted octanol–water partition coefficient (Wildman–Crippen LogP) is 1.67. The third kappa shape index (κ3) is 2.51. The maximum absolute atomic E-state index is 12.2. The fourth-order valence-corrected chi connectivity index (χ4v) is 2.12. The van der Waals surface area contributed by atoms with E-state index in [1.54, 1.807) is 18.2 Å². The summed E-state index contributed by atoms with van der Waals surface area (Å²) in [4.78, 5) is 14.7. The quantitative estimate of drug-likeness (QED) is 0.750. The Bertz CT molecular complexity index is 405. The normalized spacial score (nSPS) is 16.2. The van der Waals surface area contributed by atoms with Crippen LogP contribution in [0.15, 0.2) is 23.1 Å². The van der Waals surface area contributed by atoms with Crippen LogP contribution >= 0.6 is 24.2 Å². The molecule has 1 fully saturated rings. The zero-order valence-electron chi connectivity index (χ0n) is 8.74. The van der Waals surface area contributed by atoms with Crippen LogP contribution in [0.1, 0.15) is 10.4 Å². The summed E-state index contributed by atoms with van der Waals surface area (Å²) in [6, 6.07) is 5.20. The molecule has 0 aromatic heterocycles. The third-order valence-corrected chi connectivity index (χ3v) is 3.19. The van der Waals surface area contributed by atoms with Crippen molar-refractivity contribution >= 4 is 30.1 Å². The van der Waals surface area contributed by atoms with Crippen molar-refractivity contribution in [1.82, 2.24) is 10.2 Å². The van der Waals surface area contributed by atoms with E-state index in [9.17, 15) is 4.79 Å². The number of rotatable bonds is 1. The minimum Gasteiger partial charge on any atom is -0.336 e. The molecular formula is C11H13ClN2OS. The number of hydrogen-bond acceptors (Lipinski definition) is 3. The maximum atomic E-state index is 12.2. The van der Waals surface area contributed by atoms with Gasteiger partial charge in [0.05, 0.1) is 10.6 Å². The molecule has 1 heterocycles. The summed E-state index contributed by atoms with van der Waals surface area (Å²) < 4.78 is 0. The Kier molecular flexibility index (Phi) is 3.74. The van der Waals surface area contributed by atoms with E-state index < -0.39 is 0 Å². The molecule has 5 heteroatoms. The zero-order chi connectivity index (χ0) is 11.5. The first-order valence-corrected chi connectivity index (χ1v) is 5.99. The highest BCUT2D eigenvalue weighted by Crippen LogP contribution is 2.21. The van der Waals surface area contributed by atoms with Crippen LogP contribution in [0.3, 0.4) is 0 Å². The summed E-state index contributed by atoms with van der Waals surface area (Å²) in [6.45, 7) is 3.13. The third-order valence-electron chi connectivity index (χ3n) is 2.58. The average Bonchev–Trinajstić information content (AvgIpc) is 2.32. The van der Waals surface area contributed by atoms with E-state index in [-0.39, 0.29) is 5.91 Å². The number of hydrogen-bond donors (Lipinski definition) is 2. The van der Waals surface area contributed by atoms with E-state index in [0.29, 0.717) is 10.6 Å². The highest BCUT2D eigenvalue weighted by atomic mass is 35.5. The first-order chi connectivity index (χ1) is 7.68. The Labute approximate surface area is 105 Å². The van der Waals surface area contributed by atoms with Gasteiger partial charge in [0, 0.05) is 31.1 Å². The molecule has 1 N–H and O–H groups in total. The number of nitrogens with zero attached hydrogens (tertiary/aromatic N) is 1. The summed E-state index contributed by atoms with van der Waals surface area (Å²) in [5.74, 6) is -0.0117. The maximum Gasteiger partial charge on any atom is 0.255 e. The molecule has 1 aromatic carbocycles. The van der Waals surface area contributed by atoms with E-state index in [2.05, 4.69) is 17.9 Å². The fourth-order valence-electron chi connectivity index (χ4n) is 1.72. The van der Waals surface area contributed by atoms with Gasteiger partial charge in [-0.15, -0.1) is 12.6 Å². The second-order valence-electron chi connectivity index (χ2n) is 3.71. The molecule has 1 amide bonds. The van der Waals surface area contributed by atoms with Crippen molar-refractivity contribution in [2.45, 2.75) is 4.90 Å². The van der Waals surface area contributed by atoms with Gasteiger partial charge in [-0.3, -0.25) is 4.79 Å². The summed E-state index contributed by atoms with van der Waals surface area (Å²) in [7, 11) is 0. The molecule has 1 aromatic rings. The number of amides is 1. The second kappa shape index (κ2) is 5.08. The molecule has 2 rings (SSSR count). The number of piperazine rings is 1. The molecule has 0 aliphatic carbocycles. The van der Waals surface area contributed by atoms with Gasteiger partial charge in [-0.1, -0.05) is 11.6 Å². The van der Waals surface area contributed by atoms with Gasteiger partial charge >= 0.3 is 0 Å². The minimum absolute atomic E-state index is 0.0117. The van der Waals surface area contributed by atoms with Crippen LogP contribution in [0, 0.1) is 0 Å². The van der Waals surface area contributed by atoms with Crippen LogP contribution in [0.2, 0.25) is 5.02 Å². The van der Waals surface area contributed by atoms with Crippen LogP contribution in [-0.2, 0) is 0 Å². The Morgan fingerprint density at radius 1 is 1.38 bits per heavy atom. The van der Waals surface area contributed by atoms with Gasteiger partial charge in [-0.2, -0.15) is 0 Å². The van der Waals surface area contributed by atoms with Crippen molar-refractivity contribution in [2.75, 3.05) is 26.2 Å². The lowest BCUT2D eigenvalue weighted by molar-refractivity contribution is 0.0735. The number of carbonyl (C=O) groups excluding carboxylic acids is 1. The first-order valence-electron chi connectivity index (χ1n) is 5.17. The molecule has 3 nitrogen and oxygen atoms in total. The average molecular weight is 257 g/mol. The van der Waals surface area contributed by atoms with Gasteiger partial charge in [0.15, 0.2) is 0 Å². The minimum atomic E-state index is -0.0117. The zero-order valence-corrected chi connectivity index (χ0v) is 10.4. The van der Waals surface area contributed by atoms with Gasteiger partial charge in [-0.05, 0) is 18.2 Å². The van der Waals surface area contributed by atoms with Gasteiger partial charge < -0.3 is 10.2 Å². The smallest absolute Gasteiger partial charge is 0.255 e. The number of carbonyl (C=O) groups is 1. The lowest BCUT2D eigenvalue weighted by atomic mass is 10.2. The van der Waals surface area contributed by atoms with E-state index in [4.69, 9.17) is 11.6 Å². The fraction of sp³-hybridized carbons (Fsp3) is 0.364. The summed E-state index contributed by atoms with van der Waals surface area (Å²) in [6.07, 6.45) is 0. The highest BCUT2D eigenvalue weighted by Gasteiger charge is 2.20. The largest absolute Gasteiger partial charge is 0.336 e. The van der Waals surface area contributed by atoms with Crippen LogP contribution in [0.5, 0.6) is 0 Å². The molecular weight excluding hydrogens is 244 g/mol. The van der Waals surface area contributed by atoms with Crippen LogP contribution in [-0.4, -0.2) is 37.0 Å². The summed E-state index contributed by atoms with van der Waals surface area (Å²) in [5.41, 5.74) is 0.538. The SMILES string of the molecule is O=C(c1cc(S)ccc1Cl)N1CCNCC1. The molecule has 0 saturated carbocycles. The molecule has 86 valence electrons. The van der Waals surface area contributed by atoms with Gasteiger partial charge in [0.25, 0.3) is 5.91 Å². The van der Waals surface area contributed by atoms with E-state index in [1.807, 2.05) is 4.90 Å². The Morgan fingerprint density at radius 2 is 2.06 bits per heavy atom. The van der Waals surface area contributed by atoms with Crippen molar-refractivity contribution in [3.63, 3.8) is 0 Å². The van der Waals surface area contributed by atoms with Crippen molar-refractivity contribution in [3.05, 3.63) is 28.8 Å². The van der Waals surface area contributed by atoms with Crippen molar-refractivity contribution in [3.8, 4) is 0 Å². The molecule has 0 atom stereocenters. The Balaban J connectivity index is 2.22. The second-order valence-corrected chi connectivity index (χ2v) is 4.63. The van der Waals surface area contributed by atoms with Gasteiger partial charge in [-0.25, -0.2) is 0 Å². The molecule has 0 spiro atoms. The van der Waals surface area contributed by atoms with Crippen molar-refractivity contribution < 1.29 is 4.79 Å². The van der Waals surface area contributed by atoms with Crippen LogP contribution in [0.25, 0.3) is 0 Å². The number of nitrogens with one attached hydrogen (secondary N) is 1. The van der Waals surface area contributed by atoms with E-state index in [1.165, 1.54) is 0 Å². The number of thiol groups is 1. The number of benzene rings is 1. The molecule has 0 unspecified atom stereocenters. The van der Waals surface area contributed by atoms with Crippen molar-refractivity contribution in [1.29, 1.82) is 0 Å².